The van der Waals surface area contributed by atoms with E-state index in [1.807, 2.05) is 48.5 Å². The van der Waals surface area contributed by atoms with Crippen molar-refractivity contribution in [2.24, 2.45) is 0 Å². The van der Waals surface area contributed by atoms with E-state index in [2.05, 4.69) is 20.9 Å². The summed E-state index contributed by atoms with van der Waals surface area (Å²) in [6.45, 7) is 0. The van der Waals surface area contributed by atoms with Crippen LogP contribution < -0.4 is 4.90 Å². The average molecular weight is 386 g/mol. The molecule has 1 amide bonds. The molecule has 1 aliphatic heterocycles. The van der Waals surface area contributed by atoms with E-state index < -0.39 is 0 Å². The fourth-order valence-electron chi connectivity index (χ4n) is 2.79. The second-order valence-electron chi connectivity index (χ2n) is 5.34. The van der Waals surface area contributed by atoms with Gasteiger partial charge < -0.3 is 0 Å². The molecule has 1 aliphatic rings. The number of nitrogens with one attached hydrogen (secondary N) is 1. The second kappa shape index (κ2) is 5.54. The Labute approximate surface area is 145 Å². The van der Waals surface area contributed by atoms with Gasteiger partial charge in [-0.2, -0.15) is 0 Å². The Bertz CT molecular complexity index is 903. The van der Waals surface area contributed by atoms with Crippen LogP contribution in [0.3, 0.4) is 0 Å². The lowest BCUT2D eigenvalue weighted by atomic mass is 10.1. The van der Waals surface area contributed by atoms with Crippen LogP contribution in [0.25, 0.3) is 10.2 Å². The van der Waals surface area contributed by atoms with E-state index in [0.717, 1.165) is 19.7 Å². The van der Waals surface area contributed by atoms with E-state index in [4.69, 9.17) is 5.41 Å². The zero-order chi connectivity index (χ0) is 16.0. The number of rotatable bonds is 2. The molecule has 3 aromatic rings. The standard InChI is InChI=1S/C17H12BrN3OS/c18-11-5-1-3-7-13(11)21-15(22)9-10(16(21)19)17-20-12-6-2-4-8-14(12)23-17/h1-8,10,19H,9H2. The predicted molar refractivity (Wildman–Crippen MR) is 96.3 cm³/mol. The van der Waals surface area contributed by atoms with Crippen LogP contribution in [0.15, 0.2) is 53.0 Å². The molecule has 1 fully saturated rings. The van der Waals surface area contributed by atoms with Crippen molar-refractivity contribution in [2.45, 2.75) is 12.3 Å². The Morgan fingerprint density at radius 2 is 1.91 bits per heavy atom. The molecule has 1 N–H and O–H groups in total. The lowest BCUT2D eigenvalue weighted by molar-refractivity contribution is -0.116. The lowest BCUT2D eigenvalue weighted by Crippen LogP contribution is -2.29. The van der Waals surface area contributed by atoms with Crippen LogP contribution in [0.1, 0.15) is 17.3 Å². The summed E-state index contributed by atoms with van der Waals surface area (Å²) in [4.78, 5) is 18.6. The molecule has 0 saturated carbocycles. The van der Waals surface area contributed by atoms with Crippen molar-refractivity contribution in [3.8, 4) is 0 Å². The number of thiazole rings is 1. The van der Waals surface area contributed by atoms with Gasteiger partial charge in [-0.3, -0.25) is 15.1 Å². The van der Waals surface area contributed by atoms with Gasteiger partial charge in [0.25, 0.3) is 0 Å². The summed E-state index contributed by atoms with van der Waals surface area (Å²) in [6.07, 6.45) is 0.292. The summed E-state index contributed by atoms with van der Waals surface area (Å²) in [5, 5.41) is 9.32. The molecule has 2 heterocycles. The Hall–Kier alpha value is -2.05. The predicted octanol–water partition coefficient (Wildman–Crippen LogP) is 4.56. The smallest absolute Gasteiger partial charge is 0.233 e. The van der Waals surface area contributed by atoms with Crippen LogP contribution >= 0.6 is 27.3 Å². The SMILES string of the molecule is N=C1C(c2nc3ccccc3s2)CC(=O)N1c1ccccc1Br. The van der Waals surface area contributed by atoms with Gasteiger partial charge in [-0.15, -0.1) is 11.3 Å². The second-order valence-corrected chi connectivity index (χ2v) is 7.26. The molecule has 0 spiro atoms. The molecular weight excluding hydrogens is 374 g/mol. The number of anilines is 1. The first-order valence-electron chi connectivity index (χ1n) is 7.16. The van der Waals surface area contributed by atoms with Crippen LogP contribution in [-0.4, -0.2) is 16.7 Å². The average Bonchev–Trinajstić information content (AvgIpc) is 3.09. The maximum Gasteiger partial charge on any atom is 0.233 e. The van der Waals surface area contributed by atoms with Crippen molar-refractivity contribution in [1.82, 2.24) is 4.98 Å². The van der Waals surface area contributed by atoms with Crippen molar-refractivity contribution in [2.75, 3.05) is 4.90 Å². The Morgan fingerprint density at radius 3 is 2.70 bits per heavy atom. The molecule has 23 heavy (non-hydrogen) atoms. The number of hydrogen-bond acceptors (Lipinski definition) is 4. The Balaban J connectivity index is 1.74. The van der Waals surface area contributed by atoms with E-state index in [9.17, 15) is 4.79 Å². The molecule has 0 radical (unpaired) electrons. The van der Waals surface area contributed by atoms with Crippen molar-refractivity contribution in [1.29, 1.82) is 5.41 Å². The van der Waals surface area contributed by atoms with E-state index >= 15 is 0 Å². The van der Waals surface area contributed by atoms with Gasteiger partial charge in [0.15, 0.2) is 0 Å². The van der Waals surface area contributed by atoms with Crippen LogP contribution in [-0.2, 0) is 4.79 Å². The number of fused-ring (bicyclic) bond motifs is 1. The van der Waals surface area contributed by atoms with Gasteiger partial charge in [0.1, 0.15) is 10.8 Å². The zero-order valence-electron chi connectivity index (χ0n) is 12.0. The minimum Gasteiger partial charge on any atom is -0.287 e. The summed E-state index contributed by atoms with van der Waals surface area (Å²) in [7, 11) is 0. The molecule has 1 atom stereocenters. The van der Waals surface area contributed by atoms with E-state index in [0.29, 0.717) is 17.9 Å². The number of benzene rings is 2. The summed E-state index contributed by atoms with van der Waals surface area (Å²) in [6, 6.07) is 15.4. The largest absolute Gasteiger partial charge is 0.287 e. The van der Waals surface area contributed by atoms with Crippen LogP contribution in [0.5, 0.6) is 0 Å². The van der Waals surface area contributed by atoms with Gasteiger partial charge in [-0.25, -0.2) is 4.98 Å². The summed E-state index contributed by atoms with van der Waals surface area (Å²) < 4.78 is 1.89. The number of carbonyl (C=O) groups excluding carboxylic acids is 1. The fourth-order valence-corrected chi connectivity index (χ4v) is 4.33. The number of nitrogens with zero attached hydrogens (tertiary/aromatic N) is 2. The minimum absolute atomic E-state index is 0.0637. The summed E-state index contributed by atoms with van der Waals surface area (Å²) >= 11 is 5.02. The Morgan fingerprint density at radius 1 is 1.17 bits per heavy atom. The third kappa shape index (κ3) is 2.38. The van der Waals surface area contributed by atoms with Crippen molar-refractivity contribution < 1.29 is 4.79 Å². The number of carbonyl (C=O) groups is 1. The monoisotopic (exact) mass is 385 g/mol. The molecule has 1 unspecified atom stereocenters. The van der Waals surface area contributed by atoms with Crippen LogP contribution in [0.4, 0.5) is 5.69 Å². The van der Waals surface area contributed by atoms with Gasteiger partial charge in [0.05, 0.1) is 21.8 Å². The highest BCUT2D eigenvalue weighted by molar-refractivity contribution is 9.10. The number of amidine groups is 1. The molecular formula is C17H12BrN3OS. The summed E-state index contributed by atoms with van der Waals surface area (Å²) in [5.74, 6) is -0.0425. The molecule has 0 bridgehead atoms. The number of halogens is 1. The van der Waals surface area contributed by atoms with Crippen LogP contribution in [0.2, 0.25) is 0 Å². The highest BCUT2D eigenvalue weighted by Gasteiger charge is 2.39. The van der Waals surface area contributed by atoms with Gasteiger partial charge in [-0.05, 0) is 40.2 Å². The van der Waals surface area contributed by atoms with Gasteiger partial charge in [-0.1, -0.05) is 24.3 Å². The van der Waals surface area contributed by atoms with Crippen molar-refractivity contribution >= 4 is 54.9 Å². The lowest BCUT2D eigenvalue weighted by Gasteiger charge is -2.18. The highest BCUT2D eigenvalue weighted by atomic mass is 79.9. The quantitative estimate of drug-likeness (QED) is 0.702. The zero-order valence-corrected chi connectivity index (χ0v) is 14.4. The van der Waals surface area contributed by atoms with Crippen molar-refractivity contribution in [3.63, 3.8) is 0 Å². The Kier molecular flexibility index (Phi) is 3.50. The van der Waals surface area contributed by atoms with Crippen LogP contribution in [0, 0.1) is 5.41 Å². The third-order valence-electron chi connectivity index (χ3n) is 3.90. The van der Waals surface area contributed by atoms with Gasteiger partial charge in [0.2, 0.25) is 5.91 Å². The topological polar surface area (TPSA) is 57.1 Å². The normalized spacial score (nSPS) is 18.1. The van der Waals surface area contributed by atoms with E-state index in [-0.39, 0.29) is 11.8 Å². The molecule has 4 rings (SSSR count). The molecule has 2 aromatic carbocycles. The van der Waals surface area contributed by atoms with Gasteiger partial charge in [0, 0.05) is 10.9 Å². The maximum absolute atomic E-state index is 12.5. The molecule has 0 aliphatic carbocycles. The molecule has 1 saturated heterocycles. The first-order valence-corrected chi connectivity index (χ1v) is 8.77. The third-order valence-corrected chi connectivity index (χ3v) is 5.72. The first-order chi connectivity index (χ1) is 11.1. The number of para-hydroxylation sites is 2. The van der Waals surface area contributed by atoms with E-state index in [1.54, 1.807) is 11.3 Å². The van der Waals surface area contributed by atoms with E-state index in [1.165, 1.54) is 4.90 Å². The fraction of sp³-hybridized carbons (Fsp3) is 0.118. The summed E-state index contributed by atoms with van der Waals surface area (Å²) in [5.41, 5.74) is 1.64. The first kappa shape index (κ1) is 14.5. The molecule has 4 nitrogen and oxygen atoms in total. The number of aromatic nitrogens is 1. The number of hydrogen-bond donors (Lipinski definition) is 1. The maximum atomic E-state index is 12.5. The highest BCUT2D eigenvalue weighted by Crippen LogP contribution is 2.38. The minimum atomic E-state index is -0.271. The number of amides is 1. The van der Waals surface area contributed by atoms with Crippen molar-refractivity contribution in [3.05, 3.63) is 58.0 Å². The molecule has 6 heteroatoms. The van der Waals surface area contributed by atoms with Gasteiger partial charge >= 0.3 is 0 Å². The molecule has 1 aromatic heterocycles. The molecule has 114 valence electrons.